The van der Waals surface area contributed by atoms with Crippen LogP contribution < -0.4 is 15.0 Å². The van der Waals surface area contributed by atoms with Gasteiger partial charge in [-0.3, -0.25) is 0 Å². The Kier molecular flexibility index (Phi) is 4.57. The van der Waals surface area contributed by atoms with Gasteiger partial charge in [-0.2, -0.15) is 0 Å². The van der Waals surface area contributed by atoms with Crippen LogP contribution in [0.25, 0.3) is 0 Å². The van der Waals surface area contributed by atoms with Gasteiger partial charge < -0.3 is 33.9 Å². The van der Waals surface area contributed by atoms with Crippen LogP contribution in [0.2, 0.25) is 0 Å². The van der Waals surface area contributed by atoms with Crippen LogP contribution in [0.15, 0.2) is 30.3 Å². The van der Waals surface area contributed by atoms with Gasteiger partial charge in [0.15, 0.2) is 11.5 Å². The molecule has 0 saturated carbocycles. The summed E-state index contributed by atoms with van der Waals surface area (Å²) >= 11 is 0. The molecule has 7 rings (SSSR count). The van der Waals surface area contributed by atoms with Crippen LogP contribution in [0.4, 0.5) is 11.4 Å². The van der Waals surface area contributed by atoms with Gasteiger partial charge in [0.25, 0.3) is 0 Å². The van der Waals surface area contributed by atoms with Gasteiger partial charge in [-0.1, -0.05) is 18.2 Å². The zero-order chi connectivity index (χ0) is 21.1. The Balaban J connectivity index is 1.27. The molecule has 0 aliphatic carbocycles. The van der Waals surface area contributed by atoms with Gasteiger partial charge in [0.1, 0.15) is 0 Å². The van der Waals surface area contributed by atoms with E-state index in [1.54, 1.807) is 0 Å². The number of nitrogens with one attached hydrogen (secondary N) is 1. The number of benzene rings is 2. The van der Waals surface area contributed by atoms with E-state index in [-0.39, 0.29) is 6.10 Å². The number of rotatable bonds is 12. The Labute approximate surface area is 187 Å². The van der Waals surface area contributed by atoms with Crippen molar-refractivity contribution < 1.29 is 23.7 Å². The van der Waals surface area contributed by atoms with E-state index in [9.17, 15) is 0 Å². The summed E-state index contributed by atoms with van der Waals surface area (Å²) in [5, 5.41) is 3.59. The van der Waals surface area contributed by atoms with Crippen molar-refractivity contribution in [3.8, 4) is 11.5 Å². The van der Waals surface area contributed by atoms with Gasteiger partial charge in [0.05, 0.1) is 63.2 Å². The van der Waals surface area contributed by atoms with Crippen LogP contribution in [0.5, 0.6) is 11.5 Å². The first-order valence-electron chi connectivity index (χ1n) is 11.7. The first-order valence-corrected chi connectivity index (χ1v) is 11.7. The number of nitrogens with zero attached hydrogens (tertiary/aromatic N) is 1. The fourth-order valence-corrected chi connectivity index (χ4v) is 4.68. The quantitative estimate of drug-likeness (QED) is 0.346. The minimum Gasteiger partial charge on any atom is -0.447 e. The summed E-state index contributed by atoms with van der Waals surface area (Å²) in [7, 11) is 0. The lowest BCUT2D eigenvalue weighted by molar-refractivity contribution is 0.397. The maximum absolute atomic E-state index is 6.20. The third-order valence-corrected chi connectivity index (χ3v) is 6.77. The molecule has 4 fully saturated rings. The predicted molar refractivity (Wildman–Crippen MR) is 119 cm³/mol. The third-order valence-electron chi connectivity index (χ3n) is 6.77. The van der Waals surface area contributed by atoms with Crippen molar-refractivity contribution in [1.29, 1.82) is 0 Å². The van der Waals surface area contributed by atoms with Gasteiger partial charge in [0, 0.05) is 37.1 Å². The molecular formula is C25H28N2O5. The summed E-state index contributed by atoms with van der Waals surface area (Å²) in [6.45, 7) is 4.91. The van der Waals surface area contributed by atoms with Crippen molar-refractivity contribution in [3.63, 3.8) is 0 Å². The molecule has 4 atom stereocenters. The summed E-state index contributed by atoms with van der Waals surface area (Å²) in [5.41, 5.74) is 6.41. The van der Waals surface area contributed by atoms with Gasteiger partial charge in [-0.25, -0.2) is 0 Å². The maximum Gasteiger partial charge on any atom is 0.194 e. The molecule has 0 radical (unpaired) electrons. The van der Waals surface area contributed by atoms with Gasteiger partial charge in [-0.05, 0) is 23.3 Å². The highest BCUT2D eigenvalue weighted by molar-refractivity contribution is 5.82. The summed E-state index contributed by atoms with van der Waals surface area (Å²) in [5.74, 6) is 2.10. The molecule has 1 N–H and O–H groups in total. The molecule has 4 saturated heterocycles. The van der Waals surface area contributed by atoms with E-state index in [2.05, 4.69) is 34.5 Å². The molecule has 168 valence electrons. The lowest BCUT2D eigenvalue weighted by Gasteiger charge is -2.28. The topological polar surface area (TPSA) is 77.9 Å². The first kappa shape index (κ1) is 19.2. The lowest BCUT2D eigenvalue weighted by atomic mass is 9.90. The third kappa shape index (κ3) is 4.18. The highest BCUT2D eigenvalue weighted by Crippen LogP contribution is 2.59. The maximum atomic E-state index is 6.20. The Hall–Kier alpha value is -2.32. The number of anilines is 2. The molecule has 7 heteroatoms. The second-order valence-corrected chi connectivity index (χ2v) is 9.40. The lowest BCUT2D eigenvalue weighted by Crippen LogP contribution is -2.34. The summed E-state index contributed by atoms with van der Waals surface area (Å²) in [6, 6.07) is 10.3. The number of para-hydroxylation sites is 1. The smallest absolute Gasteiger partial charge is 0.194 e. The van der Waals surface area contributed by atoms with Crippen LogP contribution in [0, 0.1) is 0 Å². The summed E-state index contributed by atoms with van der Waals surface area (Å²) < 4.78 is 28.7. The second kappa shape index (κ2) is 7.63. The molecular weight excluding hydrogens is 408 g/mol. The number of hydrogen-bond donors (Lipinski definition) is 1. The second-order valence-electron chi connectivity index (χ2n) is 9.40. The van der Waals surface area contributed by atoms with Crippen LogP contribution >= 0.6 is 0 Å². The van der Waals surface area contributed by atoms with E-state index < -0.39 is 0 Å². The molecule has 0 aromatic heterocycles. The van der Waals surface area contributed by atoms with Crippen LogP contribution in [-0.2, 0) is 38.2 Å². The zero-order valence-electron chi connectivity index (χ0n) is 18.0. The SMILES string of the molecule is c1ccc(NCN(CC2CO2)c2c(CC3CO3)c(CC3CO3)c(CC3CO3)c3c2O3)cc1. The average molecular weight is 437 g/mol. The normalized spacial score (nSPS) is 27.9. The van der Waals surface area contributed by atoms with Crippen molar-refractivity contribution in [3.05, 3.63) is 47.0 Å². The molecule has 0 bridgehead atoms. The Morgan fingerprint density at radius 3 is 1.94 bits per heavy atom. The molecule has 0 amide bonds. The largest absolute Gasteiger partial charge is 0.447 e. The van der Waals surface area contributed by atoms with E-state index >= 15 is 0 Å². The van der Waals surface area contributed by atoms with E-state index in [4.69, 9.17) is 23.7 Å². The van der Waals surface area contributed by atoms with E-state index in [1.807, 2.05) is 6.07 Å². The highest BCUT2D eigenvalue weighted by atomic mass is 16.6. The van der Waals surface area contributed by atoms with Gasteiger partial charge in [0.2, 0.25) is 0 Å². The number of ether oxygens (including phenoxy) is 5. The average Bonchev–Trinajstić information content (AvgIpc) is 3.58. The van der Waals surface area contributed by atoms with Gasteiger partial charge >= 0.3 is 0 Å². The zero-order valence-corrected chi connectivity index (χ0v) is 18.0. The van der Waals surface area contributed by atoms with E-state index in [1.165, 1.54) is 22.4 Å². The fourth-order valence-electron chi connectivity index (χ4n) is 4.68. The molecule has 2 aromatic rings. The van der Waals surface area contributed by atoms with E-state index in [0.29, 0.717) is 25.0 Å². The molecule has 5 aliphatic rings. The van der Waals surface area contributed by atoms with Crippen LogP contribution in [0.3, 0.4) is 0 Å². The van der Waals surface area contributed by atoms with Crippen LogP contribution in [0.1, 0.15) is 16.7 Å². The van der Waals surface area contributed by atoms with Crippen molar-refractivity contribution in [2.75, 3.05) is 49.9 Å². The molecule has 4 unspecified atom stereocenters. The van der Waals surface area contributed by atoms with Crippen molar-refractivity contribution >= 4 is 11.4 Å². The fraction of sp³-hybridized carbons (Fsp3) is 0.520. The number of fused-ring (bicyclic) bond motifs is 1. The summed E-state index contributed by atoms with van der Waals surface area (Å²) in [6.07, 6.45) is 4.01. The summed E-state index contributed by atoms with van der Waals surface area (Å²) in [4.78, 5) is 2.41. The Morgan fingerprint density at radius 1 is 0.719 bits per heavy atom. The number of epoxide rings is 4. The van der Waals surface area contributed by atoms with E-state index in [0.717, 1.165) is 69.4 Å². The van der Waals surface area contributed by atoms with Crippen LogP contribution in [-0.4, -0.2) is 64.1 Å². The molecule has 7 nitrogen and oxygen atoms in total. The standard InChI is InChI=1S/C25H28N2O5/c1-2-4-15(5-3-1)26-14-27(9-19-13-31-19)23-21(7-17-11-29-17)20(6-16-10-28-16)22(8-18-12-30-18)24-25(23)32-24/h1-5,16-19,26H,6-14H2. The molecule has 0 spiro atoms. The minimum atomic E-state index is 0.279. The predicted octanol–water partition coefficient (Wildman–Crippen LogP) is 2.89. The molecule has 2 aromatic carbocycles. The minimum absolute atomic E-state index is 0.279. The molecule has 5 heterocycles. The van der Waals surface area contributed by atoms with Crippen molar-refractivity contribution in [1.82, 2.24) is 0 Å². The Morgan fingerprint density at radius 2 is 1.31 bits per heavy atom. The van der Waals surface area contributed by atoms with Gasteiger partial charge in [-0.15, -0.1) is 0 Å². The molecule has 5 aliphatic heterocycles. The first-order chi connectivity index (χ1) is 15.8. The molecule has 32 heavy (non-hydrogen) atoms. The highest BCUT2D eigenvalue weighted by Gasteiger charge is 2.43. The van der Waals surface area contributed by atoms with Crippen molar-refractivity contribution in [2.45, 2.75) is 43.7 Å². The van der Waals surface area contributed by atoms with Crippen molar-refractivity contribution in [2.24, 2.45) is 0 Å². The number of hydrogen-bond acceptors (Lipinski definition) is 7. The Bertz CT molecular complexity index is 1010. The monoisotopic (exact) mass is 436 g/mol.